The van der Waals surface area contributed by atoms with Gasteiger partial charge in [0.05, 0.1) is 11.0 Å². The number of hydrogen-bond acceptors (Lipinski definition) is 4. The summed E-state index contributed by atoms with van der Waals surface area (Å²) >= 11 is 1.25. The quantitative estimate of drug-likeness (QED) is 0.532. The van der Waals surface area contributed by atoms with Crippen LogP contribution >= 0.6 is 24.2 Å². The molecule has 2 aliphatic rings. The minimum atomic E-state index is -0.249. The minimum Gasteiger partial charge on any atom is -0.326 e. The molecule has 0 spiro atoms. The van der Waals surface area contributed by atoms with Gasteiger partial charge in [-0.05, 0) is 74.2 Å². The van der Waals surface area contributed by atoms with Crippen molar-refractivity contribution in [1.29, 1.82) is 0 Å². The molecule has 0 saturated carbocycles. The van der Waals surface area contributed by atoms with Crippen LogP contribution in [-0.4, -0.2) is 35.1 Å². The number of fused-ring (bicyclic) bond motifs is 1. The van der Waals surface area contributed by atoms with E-state index < -0.39 is 0 Å². The number of thioether (sulfide) groups is 1. The minimum absolute atomic E-state index is 0. The second-order valence-electron chi connectivity index (χ2n) is 7.06. The molecule has 0 fully saturated rings. The molecule has 1 amide bonds. The van der Waals surface area contributed by atoms with Crippen LogP contribution in [0.4, 0.5) is 14.9 Å². The van der Waals surface area contributed by atoms with Gasteiger partial charge in [-0.15, -0.1) is 12.4 Å². The van der Waals surface area contributed by atoms with E-state index in [1.54, 1.807) is 12.1 Å². The Kier molecular flexibility index (Phi) is 7.15. The SMILES string of the molecule is CCN=C(c1ccc(F)cc1)N1CCCc2cc(C3=NNC(=O)SC3C)ccc21.Cl. The number of halogens is 2. The van der Waals surface area contributed by atoms with Crippen molar-refractivity contribution in [2.75, 3.05) is 18.0 Å². The topological polar surface area (TPSA) is 57.1 Å². The Balaban J connectivity index is 0.00000256. The van der Waals surface area contributed by atoms with Crippen molar-refractivity contribution in [3.05, 3.63) is 65.0 Å². The second kappa shape index (κ2) is 9.62. The molecule has 2 aromatic rings. The summed E-state index contributed by atoms with van der Waals surface area (Å²) in [7, 11) is 0. The highest BCUT2D eigenvalue weighted by Crippen LogP contribution is 2.31. The van der Waals surface area contributed by atoms with Gasteiger partial charge in [0.1, 0.15) is 11.7 Å². The van der Waals surface area contributed by atoms with Crippen molar-refractivity contribution in [3.8, 4) is 0 Å². The number of amides is 1. The Morgan fingerprint density at radius 2 is 2.07 bits per heavy atom. The molecule has 0 aromatic heterocycles. The van der Waals surface area contributed by atoms with Crippen LogP contribution in [0.1, 0.15) is 37.0 Å². The lowest BCUT2D eigenvalue weighted by atomic mass is 9.96. The zero-order valence-corrected chi connectivity index (χ0v) is 18.5. The van der Waals surface area contributed by atoms with Gasteiger partial charge in [0.15, 0.2) is 0 Å². The summed E-state index contributed by atoms with van der Waals surface area (Å²) in [4.78, 5) is 18.5. The number of aryl methyl sites for hydroxylation is 1. The van der Waals surface area contributed by atoms with Gasteiger partial charge in [0.25, 0.3) is 5.24 Å². The van der Waals surface area contributed by atoms with E-state index in [2.05, 4.69) is 33.6 Å². The van der Waals surface area contributed by atoms with Crippen LogP contribution in [0, 0.1) is 5.82 Å². The van der Waals surface area contributed by atoms with Crippen LogP contribution in [-0.2, 0) is 6.42 Å². The van der Waals surface area contributed by atoms with E-state index >= 15 is 0 Å². The summed E-state index contributed by atoms with van der Waals surface area (Å²) in [6, 6.07) is 12.8. The molecule has 0 saturated heterocycles. The number of rotatable bonds is 3. The number of carbonyl (C=O) groups is 1. The van der Waals surface area contributed by atoms with Crippen molar-refractivity contribution >= 4 is 46.6 Å². The van der Waals surface area contributed by atoms with E-state index in [0.29, 0.717) is 6.54 Å². The number of hydrogen-bond donors (Lipinski definition) is 1. The maximum absolute atomic E-state index is 13.4. The van der Waals surface area contributed by atoms with E-state index in [9.17, 15) is 9.18 Å². The first-order valence-electron chi connectivity index (χ1n) is 9.82. The number of anilines is 1. The fraction of sp³-hybridized carbons (Fsp3) is 0.318. The number of hydrazone groups is 1. The van der Waals surface area contributed by atoms with Gasteiger partial charge in [0, 0.05) is 24.3 Å². The molecule has 1 unspecified atom stereocenters. The zero-order chi connectivity index (χ0) is 20.4. The molecular weight excluding hydrogens is 423 g/mol. The Hall–Kier alpha value is -2.38. The highest BCUT2D eigenvalue weighted by Gasteiger charge is 2.26. The third-order valence-electron chi connectivity index (χ3n) is 5.10. The number of nitrogens with one attached hydrogen (secondary N) is 1. The molecule has 0 radical (unpaired) electrons. The molecule has 158 valence electrons. The number of nitrogens with zero attached hydrogens (tertiary/aromatic N) is 3. The molecule has 2 aromatic carbocycles. The molecular formula is C22H24ClFN4OS. The van der Waals surface area contributed by atoms with Crippen molar-refractivity contribution in [2.24, 2.45) is 10.1 Å². The fourth-order valence-corrected chi connectivity index (χ4v) is 4.52. The van der Waals surface area contributed by atoms with Gasteiger partial charge in [-0.25, -0.2) is 9.82 Å². The molecule has 1 atom stereocenters. The Morgan fingerprint density at radius 1 is 1.30 bits per heavy atom. The Bertz CT molecular complexity index is 993. The molecule has 0 bridgehead atoms. The number of carbonyl (C=O) groups excluding carboxylic acids is 1. The molecule has 30 heavy (non-hydrogen) atoms. The first-order chi connectivity index (χ1) is 14.1. The largest absolute Gasteiger partial charge is 0.326 e. The molecule has 8 heteroatoms. The second-order valence-corrected chi connectivity index (χ2v) is 8.37. The zero-order valence-electron chi connectivity index (χ0n) is 16.9. The average molecular weight is 447 g/mol. The van der Waals surface area contributed by atoms with Crippen LogP contribution < -0.4 is 10.3 Å². The van der Waals surface area contributed by atoms with E-state index in [0.717, 1.165) is 47.7 Å². The number of benzene rings is 2. The molecule has 5 nitrogen and oxygen atoms in total. The van der Waals surface area contributed by atoms with Crippen LogP contribution in [0.5, 0.6) is 0 Å². The highest BCUT2D eigenvalue weighted by atomic mass is 35.5. The lowest BCUT2D eigenvalue weighted by molar-refractivity contribution is 0.261. The monoisotopic (exact) mass is 446 g/mol. The fourth-order valence-electron chi connectivity index (χ4n) is 3.80. The summed E-state index contributed by atoms with van der Waals surface area (Å²) in [6.07, 6.45) is 1.98. The normalized spacial score (nSPS) is 18.8. The first kappa shape index (κ1) is 22.3. The van der Waals surface area contributed by atoms with Gasteiger partial charge in [-0.2, -0.15) is 5.10 Å². The van der Waals surface area contributed by atoms with Crippen LogP contribution in [0.2, 0.25) is 0 Å². The maximum Gasteiger partial charge on any atom is 0.299 e. The van der Waals surface area contributed by atoms with Gasteiger partial charge < -0.3 is 4.90 Å². The van der Waals surface area contributed by atoms with Crippen LogP contribution in [0.3, 0.4) is 0 Å². The Labute approximate surface area is 186 Å². The molecule has 1 N–H and O–H groups in total. The predicted molar refractivity (Wildman–Crippen MR) is 125 cm³/mol. The van der Waals surface area contributed by atoms with Crippen LogP contribution in [0.25, 0.3) is 0 Å². The van der Waals surface area contributed by atoms with E-state index in [1.807, 2.05) is 13.8 Å². The molecule has 2 aliphatic heterocycles. The van der Waals surface area contributed by atoms with E-state index in [4.69, 9.17) is 4.99 Å². The molecule has 2 heterocycles. The maximum atomic E-state index is 13.4. The molecule has 4 rings (SSSR count). The summed E-state index contributed by atoms with van der Waals surface area (Å²) < 4.78 is 13.4. The Morgan fingerprint density at radius 3 is 2.77 bits per heavy atom. The highest BCUT2D eigenvalue weighted by molar-refractivity contribution is 8.14. The smallest absolute Gasteiger partial charge is 0.299 e. The van der Waals surface area contributed by atoms with Crippen molar-refractivity contribution in [2.45, 2.75) is 31.9 Å². The van der Waals surface area contributed by atoms with Crippen LogP contribution in [0.15, 0.2) is 52.6 Å². The van der Waals surface area contributed by atoms with Crippen molar-refractivity contribution < 1.29 is 9.18 Å². The lowest BCUT2D eigenvalue weighted by Gasteiger charge is -2.33. The van der Waals surface area contributed by atoms with Gasteiger partial charge in [-0.1, -0.05) is 17.8 Å². The van der Waals surface area contributed by atoms with Gasteiger partial charge >= 0.3 is 0 Å². The standard InChI is InChI=1S/C22H23FN4OS.ClH/c1-3-24-21(15-6-9-18(23)10-7-15)27-12-4-5-16-13-17(8-11-19(16)27)20-14(2)29-22(28)26-25-20;/h6-11,13-14H,3-5,12H2,1-2H3,(H,26,28);1H. The summed E-state index contributed by atoms with van der Waals surface area (Å²) in [5, 5.41) is 4.17. The lowest BCUT2D eigenvalue weighted by Crippen LogP contribution is -2.36. The average Bonchev–Trinajstić information content (AvgIpc) is 2.72. The first-order valence-corrected chi connectivity index (χ1v) is 10.7. The van der Waals surface area contributed by atoms with Gasteiger partial charge in [0.2, 0.25) is 0 Å². The van der Waals surface area contributed by atoms with Crippen molar-refractivity contribution in [3.63, 3.8) is 0 Å². The summed E-state index contributed by atoms with van der Waals surface area (Å²) in [5.74, 6) is 0.619. The third kappa shape index (κ3) is 4.52. The summed E-state index contributed by atoms with van der Waals surface area (Å²) in [6.45, 7) is 5.52. The number of amidine groups is 1. The predicted octanol–water partition coefficient (Wildman–Crippen LogP) is 5.02. The third-order valence-corrected chi connectivity index (χ3v) is 5.98. The number of aliphatic imine (C=N–C) groups is 1. The van der Waals surface area contributed by atoms with E-state index in [1.165, 1.54) is 29.5 Å². The van der Waals surface area contributed by atoms with E-state index in [-0.39, 0.29) is 28.7 Å². The van der Waals surface area contributed by atoms with Gasteiger partial charge in [-0.3, -0.25) is 9.79 Å². The summed E-state index contributed by atoms with van der Waals surface area (Å²) in [5.41, 5.74) is 7.74. The van der Waals surface area contributed by atoms with Crippen molar-refractivity contribution in [1.82, 2.24) is 5.43 Å². The molecule has 0 aliphatic carbocycles.